The SMILES string of the molecule is N#Cc1ccccc1CN1C(=O)N2CN=CC=C2C=C1N1CCC[C@@H](N)C1. The van der Waals surface area contributed by atoms with Gasteiger partial charge in [0.1, 0.15) is 12.5 Å². The molecule has 138 valence electrons. The number of hydrogen-bond donors (Lipinski definition) is 1. The summed E-state index contributed by atoms with van der Waals surface area (Å²) < 4.78 is 0. The zero-order valence-corrected chi connectivity index (χ0v) is 15.1. The van der Waals surface area contributed by atoms with Crippen molar-refractivity contribution >= 4 is 12.2 Å². The standard InChI is InChI=1S/C20H22N6O/c21-11-15-4-1-2-5-16(15)12-25-19(24-9-3-6-17(22)13-24)10-18-7-8-23-14-26(18)20(25)27/h1-2,4-5,7-8,10,17H,3,6,9,12-14,22H2/t17-/m1/s1. The predicted octanol–water partition coefficient (Wildman–Crippen LogP) is 1.99. The monoisotopic (exact) mass is 362 g/mol. The molecule has 2 amide bonds. The molecule has 1 saturated heterocycles. The highest BCUT2D eigenvalue weighted by Crippen LogP contribution is 2.29. The van der Waals surface area contributed by atoms with Crippen molar-refractivity contribution < 1.29 is 4.79 Å². The number of nitriles is 1. The number of fused-ring (bicyclic) bond motifs is 1. The molecule has 0 spiro atoms. The first kappa shape index (κ1) is 17.3. The van der Waals surface area contributed by atoms with Gasteiger partial charge in [-0.2, -0.15) is 5.26 Å². The van der Waals surface area contributed by atoms with E-state index in [4.69, 9.17) is 5.73 Å². The number of nitrogens with two attached hydrogens (primary N) is 1. The van der Waals surface area contributed by atoms with E-state index in [1.165, 1.54) is 0 Å². The maximum absolute atomic E-state index is 13.3. The van der Waals surface area contributed by atoms with Crippen molar-refractivity contribution in [3.63, 3.8) is 0 Å². The molecule has 0 bridgehead atoms. The molecule has 1 atom stereocenters. The van der Waals surface area contributed by atoms with Gasteiger partial charge in [0.15, 0.2) is 0 Å². The molecule has 7 heteroatoms. The summed E-state index contributed by atoms with van der Waals surface area (Å²) in [6.07, 6.45) is 7.61. The van der Waals surface area contributed by atoms with Crippen LogP contribution in [-0.2, 0) is 6.54 Å². The van der Waals surface area contributed by atoms with Gasteiger partial charge in [-0.15, -0.1) is 0 Å². The molecule has 1 fully saturated rings. The fourth-order valence-corrected chi connectivity index (χ4v) is 3.75. The largest absolute Gasteiger partial charge is 0.356 e. The normalized spacial score (nSPS) is 22.1. The zero-order valence-electron chi connectivity index (χ0n) is 15.1. The number of hydrogen-bond acceptors (Lipinski definition) is 5. The maximum atomic E-state index is 13.3. The van der Waals surface area contributed by atoms with Crippen molar-refractivity contribution in [1.82, 2.24) is 14.7 Å². The minimum absolute atomic E-state index is 0.0999. The van der Waals surface area contributed by atoms with Gasteiger partial charge in [0.2, 0.25) is 0 Å². The molecule has 1 aromatic rings. The molecule has 0 aromatic heterocycles. The fourth-order valence-electron chi connectivity index (χ4n) is 3.75. The van der Waals surface area contributed by atoms with Crippen LogP contribution in [0.2, 0.25) is 0 Å². The highest BCUT2D eigenvalue weighted by Gasteiger charge is 2.35. The second-order valence-corrected chi connectivity index (χ2v) is 6.98. The molecule has 3 heterocycles. The summed E-state index contributed by atoms with van der Waals surface area (Å²) in [5.74, 6) is 0.848. The Labute approximate surface area is 158 Å². The Morgan fingerprint density at radius 3 is 3.00 bits per heavy atom. The quantitative estimate of drug-likeness (QED) is 0.890. The molecular weight excluding hydrogens is 340 g/mol. The van der Waals surface area contributed by atoms with Gasteiger partial charge in [-0.05, 0) is 30.5 Å². The van der Waals surface area contributed by atoms with Crippen molar-refractivity contribution in [3.8, 4) is 6.07 Å². The Hall–Kier alpha value is -3.11. The van der Waals surface area contributed by atoms with Gasteiger partial charge in [-0.3, -0.25) is 14.8 Å². The van der Waals surface area contributed by atoms with E-state index in [1.807, 2.05) is 30.4 Å². The van der Waals surface area contributed by atoms with E-state index in [-0.39, 0.29) is 12.1 Å². The lowest BCUT2D eigenvalue weighted by molar-refractivity contribution is 0.135. The van der Waals surface area contributed by atoms with Gasteiger partial charge in [-0.25, -0.2) is 4.79 Å². The molecule has 0 saturated carbocycles. The molecular formula is C20H22N6O. The molecule has 0 aliphatic carbocycles. The summed E-state index contributed by atoms with van der Waals surface area (Å²) in [5.41, 5.74) is 8.43. The van der Waals surface area contributed by atoms with Crippen LogP contribution in [0, 0.1) is 11.3 Å². The third-order valence-corrected chi connectivity index (χ3v) is 5.15. The average Bonchev–Trinajstić information content (AvgIpc) is 2.70. The third kappa shape index (κ3) is 3.32. The van der Waals surface area contributed by atoms with Crippen LogP contribution in [0.1, 0.15) is 24.0 Å². The number of piperidine rings is 1. The summed E-state index contributed by atoms with van der Waals surface area (Å²) in [7, 11) is 0. The summed E-state index contributed by atoms with van der Waals surface area (Å²) in [4.78, 5) is 23.0. The van der Waals surface area contributed by atoms with Crippen LogP contribution < -0.4 is 5.73 Å². The van der Waals surface area contributed by atoms with Crippen molar-refractivity contribution in [3.05, 3.63) is 59.1 Å². The first-order valence-corrected chi connectivity index (χ1v) is 9.17. The summed E-state index contributed by atoms with van der Waals surface area (Å²) in [5, 5.41) is 9.42. The van der Waals surface area contributed by atoms with Crippen LogP contribution in [-0.4, -0.2) is 52.7 Å². The topological polar surface area (TPSA) is 89.0 Å². The predicted molar refractivity (Wildman–Crippen MR) is 102 cm³/mol. The van der Waals surface area contributed by atoms with E-state index in [9.17, 15) is 10.1 Å². The second kappa shape index (κ2) is 7.25. The maximum Gasteiger partial charge on any atom is 0.331 e. The Kier molecular flexibility index (Phi) is 4.65. The van der Waals surface area contributed by atoms with Crippen LogP contribution in [0.15, 0.2) is 52.9 Å². The van der Waals surface area contributed by atoms with Crippen molar-refractivity contribution in [1.29, 1.82) is 5.26 Å². The molecule has 3 aliphatic heterocycles. The van der Waals surface area contributed by atoms with Gasteiger partial charge in [0.25, 0.3) is 0 Å². The average molecular weight is 362 g/mol. The number of urea groups is 1. The van der Waals surface area contributed by atoms with E-state index in [0.29, 0.717) is 18.8 Å². The van der Waals surface area contributed by atoms with Gasteiger partial charge in [0.05, 0.1) is 23.9 Å². The molecule has 0 unspecified atom stereocenters. The molecule has 0 radical (unpaired) electrons. The van der Waals surface area contributed by atoms with Crippen molar-refractivity contribution in [2.24, 2.45) is 10.7 Å². The minimum atomic E-state index is -0.123. The molecule has 3 aliphatic rings. The molecule has 27 heavy (non-hydrogen) atoms. The van der Waals surface area contributed by atoms with Gasteiger partial charge in [-0.1, -0.05) is 18.2 Å². The molecule has 2 N–H and O–H groups in total. The second-order valence-electron chi connectivity index (χ2n) is 6.98. The Balaban J connectivity index is 1.72. The van der Waals surface area contributed by atoms with E-state index < -0.39 is 0 Å². The number of nitrogens with zero attached hydrogens (tertiary/aromatic N) is 5. The summed E-state index contributed by atoms with van der Waals surface area (Å²) in [6, 6.07) is 9.59. The Bertz CT molecular complexity index is 881. The number of carbonyl (C=O) groups is 1. The lowest BCUT2D eigenvalue weighted by atomic mass is 10.1. The molecule has 4 rings (SSSR count). The minimum Gasteiger partial charge on any atom is -0.356 e. The van der Waals surface area contributed by atoms with Crippen LogP contribution in [0.3, 0.4) is 0 Å². The smallest absolute Gasteiger partial charge is 0.331 e. The zero-order chi connectivity index (χ0) is 18.8. The number of likely N-dealkylation sites (tertiary alicyclic amines) is 1. The van der Waals surface area contributed by atoms with Gasteiger partial charge in [0, 0.05) is 31.4 Å². The van der Waals surface area contributed by atoms with E-state index >= 15 is 0 Å². The van der Waals surface area contributed by atoms with Crippen LogP contribution in [0.4, 0.5) is 4.79 Å². The lowest BCUT2D eigenvalue weighted by Crippen LogP contribution is -2.52. The van der Waals surface area contributed by atoms with E-state index in [2.05, 4.69) is 16.0 Å². The number of rotatable bonds is 3. The summed E-state index contributed by atoms with van der Waals surface area (Å²) in [6.45, 7) is 2.24. The highest BCUT2D eigenvalue weighted by atomic mass is 16.2. The van der Waals surface area contributed by atoms with Gasteiger partial charge >= 0.3 is 6.03 Å². The van der Waals surface area contributed by atoms with Gasteiger partial charge < -0.3 is 10.6 Å². The van der Waals surface area contributed by atoms with Crippen LogP contribution >= 0.6 is 0 Å². The number of carbonyl (C=O) groups excluding carboxylic acids is 1. The first-order valence-electron chi connectivity index (χ1n) is 9.17. The highest BCUT2D eigenvalue weighted by molar-refractivity contribution is 5.85. The van der Waals surface area contributed by atoms with E-state index in [1.54, 1.807) is 22.1 Å². The Morgan fingerprint density at radius 1 is 1.33 bits per heavy atom. The Morgan fingerprint density at radius 2 is 2.19 bits per heavy atom. The molecule has 1 aromatic carbocycles. The van der Waals surface area contributed by atoms with Crippen LogP contribution in [0.5, 0.6) is 0 Å². The third-order valence-electron chi connectivity index (χ3n) is 5.15. The lowest BCUT2D eigenvalue weighted by Gasteiger charge is -2.43. The van der Waals surface area contributed by atoms with E-state index in [0.717, 1.165) is 43.0 Å². The van der Waals surface area contributed by atoms with Crippen molar-refractivity contribution in [2.45, 2.75) is 25.4 Å². The summed E-state index contributed by atoms with van der Waals surface area (Å²) >= 11 is 0. The number of benzene rings is 1. The van der Waals surface area contributed by atoms with Crippen LogP contribution in [0.25, 0.3) is 0 Å². The number of allylic oxidation sites excluding steroid dienone is 2. The molecule has 7 nitrogen and oxygen atoms in total. The number of amides is 2. The van der Waals surface area contributed by atoms with Crippen molar-refractivity contribution in [2.75, 3.05) is 19.8 Å². The fraction of sp³-hybridized carbons (Fsp3) is 0.350. The number of aliphatic imine (C=N–C) groups is 1. The first-order chi connectivity index (χ1) is 13.2.